The SMILES string of the molecule is C[C@@H](Sc1ccc([N+](=O)[O-])cc1)C(=O)Nc1cccc2ccccc12. The van der Waals surface area contributed by atoms with Crippen LogP contribution in [0.15, 0.2) is 71.6 Å². The molecule has 6 heteroatoms. The Morgan fingerprint density at radius 3 is 2.44 bits per heavy atom. The van der Waals surface area contributed by atoms with Crippen LogP contribution in [0.5, 0.6) is 0 Å². The summed E-state index contributed by atoms with van der Waals surface area (Å²) in [5.41, 5.74) is 0.816. The van der Waals surface area contributed by atoms with Gasteiger partial charge >= 0.3 is 0 Å². The Hall–Kier alpha value is -2.86. The summed E-state index contributed by atoms with van der Waals surface area (Å²) in [6.07, 6.45) is 0. The van der Waals surface area contributed by atoms with E-state index in [1.807, 2.05) is 49.4 Å². The van der Waals surface area contributed by atoms with Crippen LogP contribution in [0, 0.1) is 10.1 Å². The van der Waals surface area contributed by atoms with Gasteiger partial charge in [0.1, 0.15) is 0 Å². The van der Waals surface area contributed by atoms with Gasteiger partial charge in [-0.2, -0.15) is 0 Å². The van der Waals surface area contributed by atoms with Crippen molar-refractivity contribution in [2.45, 2.75) is 17.1 Å². The minimum Gasteiger partial charge on any atom is -0.325 e. The summed E-state index contributed by atoms with van der Waals surface area (Å²) in [5.74, 6) is -0.111. The zero-order valence-electron chi connectivity index (χ0n) is 13.5. The number of thioether (sulfide) groups is 1. The molecule has 3 aromatic carbocycles. The van der Waals surface area contributed by atoms with Gasteiger partial charge in [-0.1, -0.05) is 36.4 Å². The molecule has 1 amide bonds. The number of nitro benzene ring substituents is 1. The van der Waals surface area contributed by atoms with E-state index >= 15 is 0 Å². The summed E-state index contributed by atoms with van der Waals surface area (Å²) in [6.45, 7) is 1.81. The molecule has 1 atom stereocenters. The number of carbonyl (C=O) groups excluding carboxylic acids is 1. The van der Waals surface area contributed by atoms with Gasteiger partial charge in [0.2, 0.25) is 5.91 Å². The number of anilines is 1. The maximum atomic E-state index is 12.5. The molecule has 0 fully saturated rings. The average Bonchev–Trinajstić information content (AvgIpc) is 2.62. The Labute approximate surface area is 149 Å². The lowest BCUT2D eigenvalue weighted by Gasteiger charge is -2.13. The number of nitrogens with one attached hydrogen (secondary N) is 1. The molecular formula is C19H16N2O3S. The fourth-order valence-corrected chi connectivity index (χ4v) is 3.34. The summed E-state index contributed by atoms with van der Waals surface area (Å²) < 4.78 is 0. The van der Waals surface area contributed by atoms with E-state index in [9.17, 15) is 14.9 Å². The van der Waals surface area contributed by atoms with Crippen LogP contribution in [0.4, 0.5) is 11.4 Å². The zero-order valence-corrected chi connectivity index (χ0v) is 14.3. The quantitative estimate of drug-likeness (QED) is 0.404. The van der Waals surface area contributed by atoms with Crippen LogP contribution in [0.3, 0.4) is 0 Å². The maximum absolute atomic E-state index is 12.5. The van der Waals surface area contributed by atoms with Crippen molar-refractivity contribution in [1.29, 1.82) is 0 Å². The maximum Gasteiger partial charge on any atom is 0.269 e. The van der Waals surface area contributed by atoms with Crippen LogP contribution in [0.2, 0.25) is 0 Å². The fourth-order valence-electron chi connectivity index (χ4n) is 2.47. The average molecular weight is 352 g/mol. The van der Waals surface area contributed by atoms with E-state index in [0.29, 0.717) is 0 Å². The molecule has 3 rings (SSSR count). The van der Waals surface area contributed by atoms with Gasteiger partial charge < -0.3 is 5.32 Å². The van der Waals surface area contributed by atoms with Crippen molar-refractivity contribution >= 4 is 39.8 Å². The molecule has 0 heterocycles. The fraction of sp³-hybridized carbons (Fsp3) is 0.105. The number of hydrogen-bond donors (Lipinski definition) is 1. The number of rotatable bonds is 5. The molecule has 0 radical (unpaired) electrons. The lowest BCUT2D eigenvalue weighted by molar-refractivity contribution is -0.384. The highest BCUT2D eigenvalue weighted by Crippen LogP contribution is 2.28. The third-order valence-electron chi connectivity index (χ3n) is 3.78. The predicted molar refractivity (Wildman–Crippen MR) is 101 cm³/mol. The van der Waals surface area contributed by atoms with Gasteiger partial charge in [0.25, 0.3) is 5.69 Å². The van der Waals surface area contributed by atoms with E-state index in [2.05, 4.69) is 5.32 Å². The molecule has 0 aromatic heterocycles. The topological polar surface area (TPSA) is 72.2 Å². The molecular weight excluding hydrogens is 336 g/mol. The van der Waals surface area contributed by atoms with Crippen molar-refractivity contribution in [1.82, 2.24) is 0 Å². The number of benzene rings is 3. The lowest BCUT2D eigenvalue weighted by atomic mass is 10.1. The second-order valence-electron chi connectivity index (χ2n) is 5.53. The Kier molecular flexibility index (Phi) is 5.00. The lowest BCUT2D eigenvalue weighted by Crippen LogP contribution is -2.22. The standard InChI is InChI=1S/C19H16N2O3S/c1-13(25-16-11-9-15(10-12-16)21(23)24)19(22)20-18-8-4-6-14-5-2-3-7-17(14)18/h2-13H,1H3,(H,20,22)/t13-/m1/s1. The number of non-ortho nitro benzene ring substituents is 1. The summed E-state index contributed by atoms with van der Waals surface area (Å²) >= 11 is 1.36. The first-order chi connectivity index (χ1) is 12.0. The molecule has 0 spiro atoms. The molecule has 0 aliphatic carbocycles. The van der Waals surface area contributed by atoms with Gasteiger partial charge in [0.15, 0.2) is 0 Å². The third kappa shape index (κ3) is 3.97. The molecule has 3 aromatic rings. The highest BCUT2D eigenvalue weighted by Gasteiger charge is 2.16. The second kappa shape index (κ2) is 7.36. The first-order valence-corrected chi connectivity index (χ1v) is 8.62. The van der Waals surface area contributed by atoms with Crippen molar-refractivity contribution in [2.24, 2.45) is 0 Å². The minimum atomic E-state index is -0.439. The zero-order chi connectivity index (χ0) is 17.8. The van der Waals surface area contributed by atoms with E-state index in [-0.39, 0.29) is 16.8 Å². The Morgan fingerprint density at radius 1 is 1.04 bits per heavy atom. The van der Waals surface area contributed by atoms with E-state index in [0.717, 1.165) is 21.4 Å². The number of nitrogens with zero attached hydrogens (tertiary/aromatic N) is 1. The molecule has 0 saturated carbocycles. The first kappa shape index (κ1) is 17.0. The third-order valence-corrected chi connectivity index (χ3v) is 4.89. The molecule has 0 saturated heterocycles. The van der Waals surface area contributed by atoms with Crippen LogP contribution < -0.4 is 5.32 Å². The predicted octanol–water partition coefficient (Wildman–Crippen LogP) is 4.87. The van der Waals surface area contributed by atoms with Crippen LogP contribution >= 0.6 is 11.8 Å². The molecule has 25 heavy (non-hydrogen) atoms. The molecule has 0 unspecified atom stereocenters. The summed E-state index contributed by atoms with van der Waals surface area (Å²) in [5, 5.41) is 15.4. The molecule has 0 bridgehead atoms. The number of fused-ring (bicyclic) bond motifs is 1. The highest BCUT2D eigenvalue weighted by atomic mass is 32.2. The van der Waals surface area contributed by atoms with Crippen molar-refractivity contribution < 1.29 is 9.72 Å². The molecule has 0 aliphatic rings. The minimum absolute atomic E-state index is 0.0391. The monoisotopic (exact) mass is 352 g/mol. The van der Waals surface area contributed by atoms with E-state index < -0.39 is 4.92 Å². The normalized spacial score (nSPS) is 11.9. The van der Waals surface area contributed by atoms with Gasteiger partial charge in [0.05, 0.1) is 10.2 Å². The second-order valence-corrected chi connectivity index (χ2v) is 6.94. The highest BCUT2D eigenvalue weighted by molar-refractivity contribution is 8.00. The van der Waals surface area contributed by atoms with Crippen LogP contribution in [-0.4, -0.2) is 16.1 Å². The largest absolute Gasteiger partial charge is 0.325 e. The molecule has 126 valence electrons. The molecule has 0 aliphatic heterocycles. The Balaban J connectivity index is 1.71. The number of amides is 1. The van der Waals surface area contributed by atoms with Crippen molar-refractivity contribution in [3.8, 4) is 0 Å². The van der Waals surface area contributed by atoms with E-state index in [1.165, 1.54) is 23.9 Å². The Bertz CT molecular complexity index is 920. The summed E-state index contributed by atoms with van der Waals surface area (Å²) in [7, 11) is 0. The van der Waals surface area contributed by atoms with Crippen LogP contribution in [0.25, 0.3) is 10.8 Å². The van der Waals surface area contributed by atoms with Crippen LogP contribution in [0.1, 0.15) is 6.92 Å². The molecule has 1 N–H and O–H groups in total. The summed E-state index contributed by atoms with van der Waals surface area (Å²) in [4.78, 5) is 23.6. The molecule has 5 nitrogen and oxygen atoms in total. The van der Waals surface area contributed by atoms with Crippen molar-refractivity contribution in [2.75, 3.05) is 5.32 Å². The smallest absolute Gasteiger partial charge is 0.269 e. The first-order valence-electron chi connectivity index (χ1n) is 7.74. The van der Waals surface area contributed by atoms with Gasteiger partial charge in [-0.3, -0.25) is 14.9 Å². The van der Waals surface area contributed by atoms with Crippen LogP contribution in [-0.2, 0) is 4.79 Å². The number of hydrogen-bond acceptors (Lipinski definition) is 4. The van der Waals surface area contributed by atoms with Gasteiger partial charge in [-0.15, -0.1) is 11.8 Å². The van der Waals surface area contributed by atoms with Gasteiger partial charge in [0, 0.05) is 28.1 Å². The summed E-state index contributed by atoms with van der Waals surface area (Å²) in [6, 6.07) is 19.9. The van der Waals surface area contributed by atoms with E-state index in [4.69, 9.17) is 0 Å². The van der Waals surface area contributed by atoms with Gasteiger partial charge in [-0.05, 0) is 30.5 Å². The Morgan fingerprint density at radius 2 is 1.72 bits per heavy atom. The number of carbonyl (C=O) groups is 1. The van der Waals surface area contributed by atoms with Gasteiger partial charge in [-0.25, -0.2) is 0 Å². The van der Waals surface area contributed by atoms with Crippen molar-refractivity contribution in [3.63, 3.8) is 0 Å². The number of nitro groups is 1. The van der Waals surface area contributed by atoms with Crippen molar-refractivity contribution in [3.05, 3.63) is 76.8 Å². The van der Waals surface area contributed by atoms with E-state index in [1.54, 1.807) is 12.1 Å².